The van der Waals surface area contributed by atoms with Crippen molar-refractivity contribution in [2.24, 2.45) is 17.8 Å². The lowest BCUT2D eigenvalue weighted by Crippen LogP contribution is -2.06. The second kappa shape index (κ2) is 5.15. The fraction of sp³-hybridized carbons (Fsp3) is 0.625. The SMILES string of the molecule is CS(=O)(=O)c1ccc(C(O)C2CC2C2CCCC2)cc1. The maximum atomic E-state index is 11.4. The molecular formula is C16H22O3S. The van der Waals surface area contributed by atoms with E-state index in [0.29, 0.717) is 16.7 Å². The van der Waals surface area contributed by atoms with Crippen LogP contribution in [-0.4, -0.2) is 19.8 Å². The van der Waals surface area contributed by atoms with Crippen molar-refractivity contribution < 1.29 is 13.5 Å². The molecule has 2 fully saturated rings. The van der Waals surface area contributed by atoms with Crippen LogP contribution in [0.15, 0.2) is 29.2 Å². The van der Waals surface area contributed by atoms with Gasteiger partial charge in [0.15, 0.2) is 9.84 Å². The fourth-order valence-electron chi connectivity index (χ4n) is 3.69. The van der Waals surface area contributed by atoms with Crippen molar-refractivity contribution in [3.63, 3.8) is 0 Å². The van der Waals surface area contributed by atoms with E-state index in [1.54, 1.807) is 24.3 Å². The number of aliphatic hydroxyl groups is 1. The van der Waals surface area contributed by atoms with Crippen LogP contribution in [0.4, 0.5) is 0 Å². The molecule has 4 heteroatoms. The van der Waals surface area contributed by atoms with Crippen LogP contribution >= 0.6 is 0 Å². The summed E-state index contributed by atoms with van der Waals surface area (Å²) < 4.78 is 22.8. The Morgan fingerprint density at radius 3 is 2.30 bits per heavy atom. The average molecular weight is 294 g/mol. The smallest absolute Gasteiger partial charge is 0.175 e. The lowest BCUT2D eigenvalue weighted by atomic mass is 9.96. The van der Waals surface area contributed by atoms with E-state index < -0.39 is 15.9 Å². The van der Waals surface area contributed by atoms with E-state index in [-0.39, 0.29) is 0 Å². The normalized spacial score (nSPS) is 28.5. The highest BCUT2D eigenvalue weighted by Gasteiger charge is 2.47. The number of hydrogen-bond donors (Lipinski definition) is 1. The summed E-state index contributed by atoms with van der Waals surface area (Å²) in [5.41, 5.74) is 0.850. The second-order valence-corrected chi connectivity index (χ2v) is 8.41. The number of hydrogen-bond acceptors (Lipinski definition) is 3. The Kier molecular flexibility index (Phi) is 3.63. The van der Waals surface area contributed by atoms with E-state index in [1.807, 2.05) is 0 Å². The van der Waals surface area contributed by atoms with Crippen molar-refractivity contribution in [2.75, 3.05) is 6.26 Å². The van der Waals surface area contributed by atoms with Gasteiger partial charge in [-0.25, -0.2) is 8.42 Å². The van der Waals surface area contributed by atoms with Gasteiger partial charge in [0.1, 0.15) is 0 Å². The van der Waals surface area contributed by atoms with Crippen LogP contribution in [0.25, 0.3) is 0 Å². The third kappa shape index (κ3) is 2.77. The van der Waals surface area contributed by atoms with E-state index in [2.05, 4.69) is 0 Å². The zero-order valence-corrected chi connectivity index (χ0v) is 12.6. The fourth-order valence-corrected chi connectivity index (χ4v) is 4.32. The number of benzene rings is 1. The first-order valence-electron chi connectivity index (χ1n) is 7.45. The van der Waals surface area contributed by atoms with Crippen LogP contribution in [0.5, 0.6) is 0 Å². The molecule has 0 spiro atoms. The molecule has 0 amide bonds. The van der Waals surface area contributed by atoms with Crippen molar-refractivity contribution in [1.82, 2.24) is 0 Å². The Morgan fingerprint density at radius 2 is 1.75 bits per heavy atom. The zero-order valence-electron chi connectivity index (χ0n) is 11.8. The molecule has 3 nitrogen and oxygen atoms in total. The average Bonchev–Trinajstić information content (AvgIpc) is 3.03. The zero-order chi connectivity index (χ0) is 14.3. The molecule has 3 rings (SSSR count). The predicted molar refractivity (Wildman–Crippen MR) is 78.1 cm³/mol. The molecule has 3 atom stereocenters. The molecule has 1 N–H and O–H groups in total. The van der Waals surface area contributed by atoms with E-state index in [1.165, 1.54) is 31.9 Å². The van der Waals surface area contributed by atoms with Gasteiger partial charge in [0.05, 0.1) is 11.0 Å². The minimum atomic E-state index is -3.16. The predicted octanol–water partition coefficient (Wildman–Crippen LogP) is 2.95. The van der Waals surface area contributed by atoms with Crippen LogP contribution < -0.4 is 0 Å². The van der Waals surface area contributed by atoms with E-state index >= 15 is 0 Å². The molecule has 0 saturated heterocycles. The quantitative estimate of drug-likeness (QED) is 0.929. The number of sulfone groups is 1. The van der Waals surface area contributed by atoms with E-state index in [0.717, 1.165) is 17.9 Å². The van der Waals surface area contributed by atoms with Crippen molar-refractivity contribution in [3.8, 4) is 0 Å². The monoisotopic (exact) mass is 294 g/mol. The van der Waals surface area contributed by atoms with Crippen molar-refractivity contribution in [3.05, 3.63) is 29.8 Å². The Hall–Kier alpha value is -0.870. The topological polar surface area (TPSA) is 54.4 Å². The third-order valence-corrected chi connectivity index (χ3v) is 6.08. The van der Waals surface area contributed by atoms with E-state index in [9.17, 15) is 13.5 Å². The molecule has 20 heavy (non-hydrogen) atoms. The van der Waals surface area contributed by atoms with Gasteiger partial charge in [0.25, 0.3) is 0 Å². The highest BCUT2D eigenvalue weighted by molar-refractivity contribution is 7.90. The molecule has 2 aliphatic rings. The summed E-state index contributed by atoms with van der Waals surface area (Å²) in [6.45, 7) is 0. The summed E-state index contributed by atoms with van der Waals surface area (Å²) in [6.07, 6.45) is 7.21. The maximum Gasteiger partial charge on any atom is 0.175 e. The first-order chi connectivity index (χ1) is 9.47. The minimum absolute atomic E-state index is 0.316. The Morgan fingerprint density at radius 1 is 1.15 bits per heavy atom. The lowest BCUT2D eigenvalue weighted by molar-refractivity contribution is 0.141. The van der Waals surface area contributed by atoms with Gasteiger partial charge in [-0.2, -0.15) is 0 Å². The molecule has 0 heterocycles. The summed E-state index contributed by atoms with van der Waals surface area (Å²) in [7, 11) is -3.16. The Bertz CT molecular complexity index is 570. The van der Waals surface area contributed by atoms with Gasteiger partial charge in [0, 0.05) is 6.26 Å². The summed E-state index contributed by atoms with van der Waals surface area (Å²) in [5.74, 6) is 1.87. The highest BCUT2D eigenvalue weighted by Crippen LogP contribution is 2.55. The molecule has 1 aromatic carbocycles. The van der Waals surface area contributed by atoms with Gasteiger partial charge in [0.2, 0.25) is 0 Å². The van der Waals surface area contributed by atoms with Gasteiger partial charge >= 0.3 is 0 Å². The summed E-state index contributed by atoms with van der Waals surface area (Å²) >= 11 is 0. The molecule has 0 bridgehead atoms. The highest BCUT2D eigenvalue weighted by atomic mass is 32.2. The summed E-state index contributed by atoms with van der Waals surface area (Å²) in [6, 6.07) is 6.71. The largest absolute Gasteiger partial charge is 0.388 e. The van der Waals surface area contributed by atoms with Gasteiger partial charge in [-0.05, 0) is 41.9 Å². The van der Waals surface area contributed by atoms with Crippen LogP contribution in [0.1, 0.15) is 43.8 Å². The lowest BCUT2D eigenvalue weighted by Gasteiger charge is -2.14. The Labute approximate surface area is 120 Å². The van der Waals surface area contributed by atoms with Gasteiger partial charge in [-0.15, -0.1) is 0 Å². The molecule has 2 saturated carbocycles. The van der Waals surface area contributed by atoms with Gasteiger partial charge in [-0.1, -0.05) is 37.8 Å². The molecule has 0 aliphatic heterocycles. The maximum absolute atomic E-state index is 11.4. The van der Waals surface area contributed by atoms with Gasteiger partial charge in [-0.3, -0.25) is 0 Å². The van der Waals surface area contributed by atoms with Crippen molar-refractivity contribution >= 4 is 9.84 Å². The minimum Gasteiger partial charge on any atom is -0.388 e. The number of aliphatic hydroxyl groups excluding tert-OH is 1. The summed E-state index contributed by atoms with van der Waals surface area (Å²) in [5, 5.41) is 10.4. The molecular weight excluding hydrogens is 272 g/mol. The molecule has 0 radical (unpaired) electrons. The van der Waals surface area contributed by atoms with E-state index in [4.69, 9.17) is 0 Å². The Balaban J connectivity index is 1.67. The molecule has 0 aromatic heterocycles. The molecule has 1 aromatic rings. The van der Waals surface area contributed by atoms with Crippen molar-refractivity contribution in [1.29, 1.82) is 0 Å². The first kappa shape index (κ1) is 14.1. The standard InChI is InChI=1S/C16H22O3S/c1-20(18,19)13-8-6-12(7-9-13)16(17)15-10-14(15)11-4-2-3-5-11/h6-9,11,14-17H,2-5,10H2,1H3. The van der Waals surface area contributed by atoms with Crippen LogP contribution in [-0.2, 0) is 9.84 Å². The second-order valence-electron chi connectivity index (χ2n) is 6.39. The molecule has 2 aliphatic carbocycles. The molecule has 110 valence electrons. The van der Waals surface area contributed by atoms with Gasteiger partial charge < -0.3 is 5.11 Å². The third-order valence-electron chi connectivity index (χ3n) is 4.95. The molecule has 3 unspecified atom stereocenters. The first-order valence-corrected chi connectivity index (χ1v) is 9.34. The number of rotatable bonds is 4. The van der Waals surface area contributed by atoms with Crippen LogP contribution in [0, 0.1) is 17.8 Å². The summed E-state index contributed by atoms with van der Waals surface area (Å²) in [4.78, 5) is 0.316. The van der Waals surface area contributed by atoms with Crippen molar-refractivity contribution in [2.45, 2.75) is 43.1 Å². The van der Waals surface area contributed by atoms with Crippen LogP contribution in [0.3, 0.4) is 0 Å². The van der Waals surface area contributed by atoms with Crippen LogP contribution in [0.2, 0.25) is 0 Å².